The van der Waals surface area contributed by atoms with Crippen molar-refractivity contribution in [2.24, 2.45) is 21.7 Å². The largest absolute Gasteiger partial charge is 0.488 e. The molecule has 0 aromatic heterocycles. The van der Waals surface area contributed by atoms with E-state index in [2.05, 4.69) is 10.2 Å². The van der Waals surface area contributed by atoms with E-state index in [1.165, 1.54) is 6.21 Å². The number of hydrogen-bond acceptors (Lipinski definition) is 3. The zero-order valence-electron chi connectivity index (χ0n) is 7.63. The fourth-order valence-corrected chi connectivity index (χ4v) is 0.791. The van der Waals surface area contributed by atoms with Gasteiger partial charge in [0, 0.05) is 0 Å². The van der Waals surface area contributed by atoms with Crippen molar-refractivity contribution >= 4 is 12.2 Å². The van der Waals surface area contributed by atoms with Gasteiger partial charge in [0.05, 0.1) is 6.21 Å². The number of guanidine groups is 1. The second-order valence-electron chi connectivity index (χ2n) is 2.45. The molecule has 1 rings (SSSR count). The molecule has 0 fully saturated rings. The number of nitrogens with zero attached hydrogens (tertiary/aromatic N) is 2. The van der Waals surface area contributed by atoms with Crippen LogP contribution in [-0.2, 0) is 0 Å². The van der Waals surface area contributed by atoms with Gasteiger partial charge in [0.15, 0.2) is 0 Å². The third-order valence-corrected chi connectivity index (χ3v) is 1.32. The predicted octanol–water partition coefficient (Wildman–Crippen LogP) is 0.325. The van der Waals surface area contributed by atoms with Crippen LogP contribution in [0.25, 0.3) is 0 Å². The van der Waals surface area contributed by atoms with E-state index in [1.54, 1.807) is 0 Å². The third-order valence-electron chi connectivity index (χ3n) is 1.32. The third kappa shape index (κ3) is 4.10. The van der Waals surface area contributed by atoms with Gasteiger partial charge < -0.3 is 16.2 Å². The minimum atomic E-state index is -0.0686. The van der Waals surface area contributed by atoms with Crippen LogP contribution in [0.5, 0.6) is 5.75 Å². The highest BCUT2D eigenvalue weighted by molar-refractivity contribution is 5.76. The quantitative estimate of drug-likeness (QED) is 0.409. The summed E-state index contributed by atoms with van der Waals surface area (Å²) >= 11 is 0. The van der Waals surface area contributed by atoms with E-state index in [0.717, 1.165) is 5.75 Å². The molecule has 1 aromatic rings. The van der Waals surface area contributed by atoms with Gasteiger partial charge in [-0.2, -0.15) is 5.10 Å². The number of rotatable bonds is 4. The Balaban J connectivity index is 2.29. The highest BCUT2D eigenvalue weighted by Gasteiger charge is 1.86. The van der Waals surface area contributed by atoms with Crippen LogP contribution < -0.4 is 16.2 Å². The Kier molecular flexibility index (Phi) is 4.00. The minimum Gasteiger partial charge on any atom is -0.488 e. The SMILES string of the molecule is NC(N)=NN=CCOc1ccccc1. The highest BCUT2D eigenvalue weighted by atomic mass is 16.5. The fourth-order valence-electron chi connectivity index (χ4n) is 0.791. The Bertz CT molecular complexity index is 317. The molecule has 4 N–H and O–H groups in total. The van der Waals surface area contributed by atoms with Crippen LogP contribution in [0.4, 0.5) is 0 Å². The molecule has 0 saturated heterocycles. The van der Waals surface area contributed by atoms with Crippen molar-refractivity contribution in [1.82, 2.24) is 0 Å². The van der Waals surface area contributed by atoms with Gasteiger partial charge in [-0.3, -0.25) is 0 Å². The van der Waals surface area contributed by atoms with Gasteiger partial charge in [-0.15, -0.1) is 5.10 Å². The van der Waals surface area contributed by atoms with Crippen LogP contribution in [0, 0.1) is 0 Å². The average Bonchev–Trinajstić information content (AvgIpc) is 2.18. The van der Waals surface area contributed by atoms with Crippen molar-refractivity contribution in [1.29, 1.82) is 0 Å². The average molecular weight is 192 g/mol. The minimum absolute atomic E-state index is 0.0686. The maximum atomic E-state index is 5.29. The van der Waals surface area contributed by atoms with Gasteiger partial charge >= 0.3 is 0 Å². The summed E-state index contributed by atoms with van der Waals surface area (Å²) in [4.78, 5) is 0. The molecule has 0 aliphatic carbocycles. The maximum Gasteiger partial charge on any atom is 0.211 e. The van der Waals surface area contributed by atoms with Crippen LogP contribution >= 0.6 is 0 Å². The Morgan fingerprint density at radius 1 is 1.29 bits per heavy atom. The molecule has 0 radical (unpaired) electrons. The van der Waals surface area contributed by atoms with E-state index >= 15 is 0 Å². The maximum absolute atomic E-state index is 5.29. The topological polar surface area (TPSA) is 86.0 Å². The molecule has 0 saturated carbocycles. The lowest BCUT2D eigenvalue weighted by Gasteiger charge is -1.99. The van der Waals surface area contributed by atoms with Crippen molar-refractivity contribution in [2.75, 3.05) is 6.61 Å². The lowest BCUT2D eigenvalue weighted by atomic mass is 10.3. The Morgan fingerprint density at radius 2 is 2.00 bits per heavy atom. The van der Waals surface area contributed by atoms with E-state index in [9.17, 15) is 0 Å². The highest BCUT2D eigenvalue weighted by Crippen LogP contribution is 2.06. The zero-order chi connectivity index (χ0) is 10.2. The van der Waals surface area contributed by atoms with Crippen molar-refractivity contribution in [3.63, 3.8) is 0 Å². The van der Waals surface area contributed by atoms with Gasteiger partial charge in [-0.25, -0.2) is 0 Å². The van der Waals surface area contributed by atoms with Crippen LogP contribution in [0.1, 0.15) is 0 Å². The molecule has 5 heteroatoms. The van der Waals surface area contributed by atoms with Gasteiger partial charge in [-0.05, 0) is 12.1 Å². The number of hydrogen-bond donors (Lipinski definition) is 2. The van der Waals surface area contributed by atoms with Gasteiger partial charge in [0.2, 0.25) is 5.96 Å². The van der Waals surface area contributed by atoms with Crippen LogP contribution in [0.15, 0.2) is 40.5 Å². The first-order valence-electron chi connectivity index (χ1n) is 4.07. The molecule has 0 spiro atoms. The van der Waals surface area contributed by atoms with Crippen LogP contribution in [-0.4, -0.2) is 18.8 Å². The van der Waals surface area contributed by atoms with Gasteiger partial charge in [-0.1, -0.05) is 18.2 Å². The van der Waals surface area contributed by atoms with E-state index in [-0.39, 0.29) is 5.96 Å². The van der Waals surface area contributed by atoms with Crippen LogP contribution in [0.3, 0.4) is 0 Å². The lowest BCUT2D eigenvalue weighted by molar-refractivity contribution is 0.380. The summed E-state index contributed by atoms with van der Waals surface area (Å²) in [6.07, 6.45) is 1.48. The first-order chi connectivity index (χ1) is 6.79. The molecule has 0 unspecified atom stereocenters. The predicted molar refractivity (Wildman–Crippen MR) is 56.2 cm³/mol. The monoisotopic (exact) mass is 192 g/mol. The van der Waals surface area contributed by atoms with E-state index in [0.29, 0.717) is 6.61 Å². The van der Waals surface area contributed by atoms with Gasteiger partial charge in [0.25, 0.3) is 0 Å². The van der Waals surface area contributed by atoms with Crippen molar-refractivity contribution in [3.8, 4) is 5.75 Å². The molecule has 0 aliphatic rings. The molecule has 5 nitrogen and oxygen atoms in total. The smallest absolute Gasteiger partial charge is 0.211 e. The molecule has 0 amide bonds. The molecule has 0 atom stereocenters. The molecule has 0 heterocycles. The first kappa shape index (κ1) is 10.0. The van der Waals surface area contributed by atoms with Crippen molar-refractivity contribution < 1.29 is 4.74 Å². The molecule has 0 aliphatic heterocycles. The second-order valence-corrected chi connectivity index (χ2v) is 2.45. The van der Waals surface area contributed by atoms with Crippen molar-refractivity contribution in [3.05, 3.63) is 30.3 Å². The second kappa shape index (κ2) is 5.58. The normalized spacial score (nSPS) is 10.0. The summed E-state index contributed by atoms with van der Waals surface area (Å²) in [7, 11) is 0. The fraction of sp³-hybridized carbons (Fsp3) is 0.111. The standard InChI is InChI=1S/C9H12N4O/c10-9(11)13-12-6-7-14-8-4-2-1-3-5-8/h1-6H,7H2,(H4,10,11,13). The Morgan fingerprint density at radius 3 is 2.64 bits per heavy atom. The Labute approximate surface area is 82.1 Å². The summed E-state index contributed by atoms with van der Waals surface area (Å²) in [5, 5.41) is 6.99. The molecule has 1 aromatic carbocycles. The summed E-state index contributed by atoms with van der Waals surface area (Å²) < 4.78 is 5.29. The number of ether oxygens (including phenoxy) is 1. The molecule has 0 bridgehead atoms. The number of benzene rings is 1. The van der Waals surface area contributed by atoms with E-state index in [4.69, 9.17) is 16.2 Å². The van der Waals surface area contributed by atoms with E-state index < -0.39 is 0 Å². The lowest BCUT2D eigenvalue weighted by Crippen LogP contribution is -2.21. The number of nitrogens with two attached hydrogens (primary N) is 2. The number of para-hydroxylation sites is 1. The molecular weight excluding hydrogens is 180 g/mol. The summed E-state index contributed by atoms with van der Waals surface area (Å²) in [6, 6.07) is 9.41. The molecular formula is C9H12N4O. The summed E-state index contributed by atoms with van der Waals surface area (Å²) in [5.74, 6) is 0.713. The first-order valence-corrected chi connectivity index (χ1v) is 4.07. The molecule has 74 valence electrons. The zero-order valence-corrected chi connectivity index (χ0v) is 7.63. The van der Waals surface area contributed by atoms with Gasteiger partial charge in [0.1, 0.15) is 12.4 Å². The summed E-state index contributed by atoms with van der Waals surface area (Å²) in [6.45, 7) is 0.334. The van der Waals surface area contributed by atoms with Crippen molar-refractivity contribution in [2.45, 2.75) is 0 Å². The summed E-state index contributed by atoms with van der Waals surface area (Å²) in [5.41, 5.74) is 10.1. The van der Waals surface area contributed by atoms with Crippen LogP contribution in [0.2, 0.25) is 0 Å². The van der Waals surface area contributed by atoms with E-state index in [1.807, 2.05) is 30.3 Å². The molecule has 14 heavy (non-hydrogen) atoms. The Hall–Kier alpha value is -2.04.